The van der Waals surface area contributed by atoms with Crippen molar-refractivity contribution < 1.29 is 9.59 Å². The van der Waals surface area contributed by atoms with Gasteiger partial charge in [0, 0.05) is 24.6 Å². The molecule has 1 aliphatic rings. The maximum Gasteiger partial charge on any atom is 0.228 e. The Labute approximate surface area is 119 Å². The van der Waals surface area contributed by atoms with Crippen LogP contribution < -0.4 is 10.6 Å². The zero-order valence-corrected chi connectivity index (χ0v) is 12.2. The zero-order valence-electron chi connectivity index (χ0n) is 12.2. The van der Waals surface area contributed by atoms with Crippen LogP contribution in [-0.4, -0.2) is 18.4 Å². The van der Waals surface area contributed by atoms with Crippen LogP contribution >= 0.6 is 0 Å². The summed E-state index contributed by atoms with van der Waals surface area (Å²) in [6.45, 7) is 4.75. The largest absolute Gasteiger partial charge is 0.356 e. The molecule has 1 heterocycles. The fourth-order valence-electron chi connectivity index (χ4n) is 2.64. The van der Waals surface area contributed by atoms with E-state index < -0.39 is 0 Å². The Balaban J connectivity index is 2.16. The van der Waals surface area contributed by atoms with Crippen molar-refractivity contribution in [3.8, 4) is 0 Å². The third-order valence-corrected chi connectivity index (χ3v) is 3.86. The van der Waals surface area contributed by atoms with E-state index in [1.807, 2.05) is 18.2 Å². The normalized spacial score (nSPS) is 18.5. The molecule has 1 unspecified atom stereocenters. The summed E-state index contributed by atoms with van der Waals surface area (Å²) in [5, 5.41) is 5.81. The molecule has 0 radical (unpaired) electrons. The molecule has 2 rings (SSSR count). The number of amides is 2. The van der Waals surface area contributed by atoms with E-state index in [0.717, 1.165) is 29.7 Å². The minimum Gasteiger partial charge on any atom is -0.356 e. The molecule has 0 aliphatic carbocycles. The van der Waals surface area contributed by atoms with Gasteiger partial charge in [0.2, 0.25) is 11.8 Å². The van der Waals surface area contributed by atoms with Gasteiger partial charge in [-0.05, 0) is 30.4 Å². The van der Waals surface area contributed by atoms with Crippen LogP contribution in [0.25, 0.3) is 0 Å². The van der Waals surface area contributed by atoms with Crippen LogP contribution in [0.1, 0.15) is 37.8 Å². The number of rotatable bonds is 4. The summed E-state index contributed by atoms with van der Waals surface area (Å²) in [5.74, 6) is -0.273. The molecule has 20 heavy (non-hydrogen) atoms. The van der Waals surface area contributed by atoms with Gasteiger partial charge in [0.05, 0.1) is 0 Å². The van der Waals surface area contributed by atoms with Crippen LogP contribution in [0.5, 0.6) is 0 Å². The van der Waals surface area contributed by atoms with Crippen molar-refractivity contribution in [3.05, 3.63) is 29.3 Å². The summed E-state index contributed by atoms with van der Waals surface area (Å²) >= 11 is 0. The van der Waals surface area contributed by atoms with Crippen LogP contribution in [0.3, 0.4) is 0 Å². The van der Waals surface area contributed by atoms with Gasteiger partial charge in [-0.15, -0.1) is 0 Å². The Morgan fingerprint density at radius 3 is 2.50 bits per heavy atom. The highest BCUT2D eigenvalue weighted by Gasteiger charge is 2.26. The first-order valence-electron chi connectivity index (χ1n) is 7.34. The average molecular weight is 274 g/mol. The number of anilines is 1. The van der Waals surface area contributed by atoms with Crippen LogP contribution in [0.15, 0.2) is 18.2 Å². The number of nitrogens with one attached hydrogen (secondary N) is 2. The van der Waals surface area contributed by atoms with Crippen molar-refractivity contribution in [2.75, 3.05) is 11.9 Å². The van der Waals surface area contributed by atoms with Crippen molar-refractivity contribution in [3.63, 3.8) is 0 Å². The Morgan fingerprint density at radius 2 is 1.95 bits per heavy atom. The van der Waals surface area contributed by atoms with Gasteiger partial charge in [0.15, 0.2) is 0 Å². The summed E-state index contributed by atoms with van der Waals surface area (Å²) in [7, 11) is 0. The van der Waals surface area contributed by atoms with E-state index >= 15 is 0 Å². The monoisotopic (exact) mass is 274 g/mol. The lowest BCUT2D eigenvalue weighted by Gasteiger charge is -2.23. The molecule has 1 aliphatic heterocycles. The molecule has 0 spiro atoms. The molecule has 1 aromatic carbocycles. The van der Waals surface area contributed by atoms with Gasteiger partial charge < -0.3 is 10.6 Å². The number of hydrogen-bond acceptors (Lipinski definition) is 2. The molecular formula is C16H22N2O2. The zero-order chi connectivity index (χ0) is 14.5. The Kier molecular flexibility index (Phi) is 4.77. The van der Waals surface area contributed by atoms with Gasteiger partial charge in [-0.25, -0.2) is 0 Å². The van der Waals surface area contributed by atoms with Gasteiger partial charge >= 0.3 is 0 Å². The van der Waals surface area contributed by atoms with E-state index in [9.17, 15) is 9.59 Å². The molecule has 0 bridgehead atoms. The van der Waals surface area contributed by atoms with Crippen molar-refractivity contribution in [1.82, 2.24) is 5.32 Å². The fraction of sp³-hybridized carbons (Fsp3) is 0.500. The van der Waals surface area contributed by atoms with E-state index in [0.29, 0.717) is 19.4 Å². The van der Waals surface area contributed by atoms with Gasteiger partial charge in [-0.2, -0.15) is 0 Å². The second kappa shape index (κ2) is 6.55. The number of hydrogen-bond donors (Lipinski definition) is 2. The Bertz CT molecular complexity index is 489. The maximum absolute atomic E-state index is 12.4. The first-order chi connectivity index (χ1) is 9.65. The number of piperidine rings is 1. The average Bonchev–Trinajstić information content (AvgIpc) is 2.47. The number of para-hydroxylation sites is 1. The summed E-state index contributed by atoms with van der Waals surface area (Å²) < 4.78 is 0. The second-order valence-electron chi connectivity index (χ2n) is 5.19. The van der Waals surface area contributed by atoms with E-state index in [2.05, 4.69) is 24.5 Å². The van der Waals surface area contributed by atoms with Gasteiger partial charge in [0.25, 0.3) is 0 Å². The van der Waals surface area contributed by atoms with Gasteiger partial charge in [0.1, 0.15) is 0 Å². The second-order valence-corrected chi connectivity index (χ2v) is 5.19. The lowest BCUT2D eigenvalue weighted by atomic mass is 9.95. The standard InChI is InChI=1S/C16H22N2O2/c1-3-11-6-5-7-12(4-2)15(11)18-16(20)13-8-9-17-14(19)10-13/h5-7,13H,3-4,8-10H2,1-2H3,(H,17,19)(H,18,20). The molecule has 1 aromatic rings. The van der Waals surface area contributed by atoms with Gasteiger partial charge in [-0.1, -0.05) is 32.0 Å². The molecule has 2 N–H and O–H groups in total. The van der Waals surface area contributed by atoms with Crippen LogP contribution in [0.4, 0.5) is 5.69 Å². The molecule has 0 aromatic heterocycles. The number of carbonyl (C=O) groups is 2. The van der Waals surface area contributed by atoms with Crippen molar-refractivity contribution in [1.29, 1.82) is 0 Å². The van der Waals surface area contributed by atoms with E-state index in [-0.39, 0.29) is 17.7 Å². The molecule has 2 amide bonds. The minimum atomic E-state index is -0.210. The first-order valence-corrected chi connectivity index (χ1v) is 7.34. The van der Waals surface area contributed by atoms with Crippen LogP contribution in [0.2, 0.25) is 0 Å². The highest BCUT2D eigenvalue weighted by atomic mass is 16.2. The third kappa shape index (κ3) is 3.18. The van der Waals surface area contributed by atoms with Crippen molar-refractivity contribution >= 4 is 17.5 Å². The van der Waals surface area contributed by atoms with E-state index in [1.54, 1.807) is 0 Å². The smallest absolute Gasteiger partial charge is 0.228 e. The maximum atomic E-state index is 12.4. The van der Waals surface area contributed by atoms with Crippen molar-refractivity contribution in [2.45, 2.75) is 39.5 Å². The quantitative estimate of drug-likeness (QED) is 0.885. The Morgan fingerprint density at radius 1 is 1.30 bits per heavy atom. The first kappa shape index (κ1) is 14.6. The summed E-state index contributed by atoms with van der Waals surface area (Å²) in [6, 6.07) is 6.12. The molecule has 4 nitrogen and oxygen atoms in total. The molecule has 1 atom stereocenters. The molecule has 4 heteroatoms. The molecule has 1 fully saturated rings. The van der Waals surface area contributed by atoms with E-state index in [1.165, 1.54) is 0 Å². The van der Waals surface area contributed by atoms with Crippen LogP contribution in [-0.2, 0) is 22.4 Å². The fourth-order valence-corrected chi connectivity index (χ4v) is 2.64. The summed E-state index contributed by atoms with van der Waals surface area (Å²) in [4.78, 5) is 23.7. The van der Waals surface area contributed by atoms with E-state index in [4.69, 9.17) is 0 Å². The predicted octanol–water partition coefficient (Wildman–Crippen LogP) is 2.28. The number of carbonyl (C=O) groups excluding carboxylic acids is 2. The number of benzene rings is 1. The highest BCUT2D eigenvalue weighted by molar-refractivity contribution is 5.96. The molecule has 0 saturated carbocycles. The lowest BCUT2D eigenvalue weighted by Crippen LogP contribution is -2.38. The SMILES string of the molecule is CCc1cccc(CC)c1NC(=O)C1CCNC(=O)C1. The topological polar surface area (TPSA) is 58.2 Å². The molecular weight excluding hydrogens is 252 g/mol. The molecule has 108 valence electrons. The molecule has 1 saturated heterocycles. The third-order valence-electron chi connectivity index (χ3n) is 3.86. The Hall–Kier alpha value is -1.84. The minimum absolute atomic E-state index is 0.0316. The lowest BCUT2D eigenvalue weighted by molar-refractivity contribution is -0.129. The summed E-state index contributed by atoms with van der Waals surface area (Å²) in [6.07, 6.45) is 2.78. The highest BCUT2D eigenvalue weighted by Crippen LogP contribution is 2.24. The van der Waals surface area contributed by atoms with Gasteiger partial charge in [-0.3, -0.25) is 9.59 Å². The predicted molar refractivity (Wildman–Crippen MR) is 79.6 cm³/mol. The summed E-state index contributed by atoms with van der Waals surface area (Å²) in [5.41, 5.74) is 3.24. The van der Waals surface area contributed by atoms with Crippen molar-refractivity contribution in [2.24, 2.45) is 5.92 Å². The van der Waals surface area contributed by atoms with Crippen LogP contribution in [0, 0.1) is 5.92 Å². The number of aryl methyl sites for hydroxylation is 2.